The number of allylic oxidation sites excluding steroid dienone is 2. The number of nitrogens with one attached hydrogen (secondary N) is 3. The van der Waals surface area contributed by atoms with Crippen LogP contribution in [0.4, 0.5) is 4.79 Å². The highest BCUT2D eigenvalue weighted by atomic mass is 32.2. The number of aromatic nitrogens is 1. The Hall–Kier alpha value is -4.99. The van der Waals surface area contributed by atoms with Crippen LogP contribution >= 0.6 is 0 Å². The topological polar surface area (TPSA) is 199 Å². The molecule has 1 aromatic heterocycles. The second kappa shape index (κ2) is 16.4. The molecule has 1 aromatic carbocycles. The minimum absolute atomic E-state index is 0.0438. The minimum Gasteiger partial charge on any atom is -0.497 e. The molecule has 1 saturated heterocycles. The molecule has 2 saturated carbocycles. The molecule has 3 aliphatic rings. The molecule has 0 bridgehead atoms. The number of ether oxygens (including phenoxy) is 3. The van der Waals surface area contributed by atoms with Gasteiger partial charge in [-0.15, -0.1) is 6.58 Å². The summed E-state index contributed by atoms with van der Waals surface area (Å²) in [6.07, 6.45) is 5.26. The van der Waals surface area contributed by atoms with E-state index in [4.69, 9.17) is 14.2 Å². The third-order valence-electron chi connectivity index (χ3n) is 9.65. The average Bonchev–Trinajstić information content (AvgIpc) is 4.04. The number of nitrogens with zero attached hydrogens (tertiary/aromatic N) is 2. The molecule has 1 aliphatic heterocycles. The van der Waals surface area contributed by atoms with E-state index in [9.17, 15) is 32.4 Å². The Kier molecular flexibility index (Phi) is 12.3. The van der Waals surface area contributed by atoms with Gasteiger partial charge in [0.1, 0.15) is 35.1 Å². The van der Waals surface area contributed by atoms with Crippen LogP contribution in [0.25, 0.3) is 10.8 Å². The van der Waals surface area contributed by atoms with Crippen molar-refractivity contribution in [2.24, 2.45) is 11.8 Å². The molecule has 3 fully saturated rings. The van der Waals surface area contributed by atoms with E-state index in [-0.39, 0.29) is 49.8 Å². The van der Waals surface area contributed by atoms with E-state index in [0.717, 1.165) is 5.39 Å². The summed E-state index contributed by atoms with van der Waals surface area (Å²) >= 11 is 0. The first-order chi connectivity index (χ1) is 25.9. The molecule has 0 spiro atoms. The van der Waals surface area contributed by atoms with Gasteiger partial charge in [0.2, 0.25) is 27.7 Å². The Labute approximate surface area is 321 Å². The number of hydrogen-bond donors (Lipinski definition) is 3. The first-order valence-electron chi connectivity index (χ1n) is 18.5. The molecule has 5 rings (SSSR count). The molecule has 2 aliphatic carbocycles. The summed E-state index contributed by atoms with van der Waals surface area (Å²) in [5, 5.41) is 6.12. The van der Waals surface area contributed by atoms with Crippen LogP contribution in [-0.2, 0) is 33.9 Å². The van der Waals surface area contributed by atoms with E-state index in [1.54, 1.807) is 58.4 Å². The second-order valence-corrected chi connectivity index (χ2v) is 17.6. The van der Waals surface area contributed by atoms with Gasteiger partial charge in [0, 0.05) is 30.3 Å². The molecule has 3 N–H and O–H groups in total. The number of sulfonamides is 1. The van der Waals surface area contributed by atoms with Gasteiger partial charge >= 0.3 is 6.09 Å². The number of alkyl carbamates (subject to hydrolysis) is 1. The quantitative estimate of drug-likeness (QED) is 0.166. The number of rotatable bonds is 16. The summed E-state index contributed by atoms with van der Waals surface area (Å²) in [7, 11) is -2.38. The molecule has 0 radical (unpaired) electrons. The van der Waals surface area contributed by atoms with E-state index < -0.39 is 74.3 Å². The number of hydrogen-bond acceptors (Lipinski definition) is 11. The zero-order chi connectivity index (χ0) is 40.3. The van der Waals surface area contributed by atoms with Crippen LogP contribution < -0.4 is 24.8 Å². The fourth-order valence-corrected chi connectivity index (χ4v) is 7.84. The zero-order valence-corrected chi connectivity index (χ0v) is 32.9. The number of ketones is 1. The summed E-state index contributed by atoms with van der Waals surface area (Å²) in [6, 6.07) is 4.62. The van der Waals surface area contributed by atoms with Crippen molar-refractivity contribution in [3.05, 3.63) is 55.3 Å². The highest BCUT2D eigenvalue weighted by Gasteiger charge is 2.62. The molecular weight excluding hydrogens is 731 g/mol. The van der Waals surface area contributed by atoms with Crippen molar-refractivity contribution >= 4 is 50.4 Å². The third kappa shape index (κ3) is 10.2. The molecular formula is C39H51N5O10S. The molecule has 4 amide bonds. The Morgan fingerprint density at radius 3 is 2.47 bits per heavy atom. The van der Waals surface area contributed by atoms with E-state index in [1.807, 2.05) is 19.9 Å². The summed E-state index contributed by atoms with van der Waals surface area (Å²) < 4.78 is 44.7. The van der Waals surface area contributed by atoms with Crippen LogP contribution in [0.3, 0.4) is 0 Å². The van der Waals surface area contributed by atoms with Crippen molar-refractivity contribution in [2.75, 3.05) is 13.7 Å². The lowest BCUT2D eigenvalue weighted by molar-refractivity contribution is -0.141. The van der Waals surface area contributed by atoms with Crippen LogP contribution in [0.1, 0.15) is 73.1 Å². The van der Waals surface area contributed by atoms with Gasteiger partial charge in [-0.25, -0.2) is 18.2 Å². The van der Waals surface area contributed by atoms with Crippen molar-refractivity contribution in [1.29, 1.82) is 0 Å². The lowest BCUT2D eigenvalue weighted by Crippen LogP contribution is -2.58. The number of carbonyl (C=O) groups is 5. The normalized spacial score (nSPS) is 22.9. The van der Waals surface area contributed by atoms with E-state index in [1.165, 1.54) is 17.1 Å². The maximum Gasteiger partial charge on any atom is 0.408 e. The van der Waals surface area contributed by atoms with Crippen LogP contribution in [0.2, 0.25) is 0 Å². The first kappa shape index (κ1) is 41.2. The van der Waals surface area contributed by atoms with E-state index in [0.29, 0.717) is 24.0 Å². The fourth-order valence-electron chi connectivity index (χ4n) is 6.48. The van der Waals surface area contributed by atoms with Crippen molar-refractivity contribution in [3.8, 4) is 11.6 Å². The minimum atomic E-state index is -3.93. The smallest absolute Gasteiger partial charge is 0.408 e. The van der Waals surface area contributed by atoms with Gasteiger partial charge < -0.3 is 29.7 Å². The van der Waals surface area contributed by atoms with Crippen molar-refractivity contribution in [2.45, 2.75) is 108 Å². The Morgan fingerprint density at radius 2 is 1.85 bits per heavy atom. The van der Waals surface area contributed by atoms with E-state index in [2.05, 4.69) is 26.9 Å². The van der Waals surface area contributed by atoms with Gasteiger partial charge in [-0.05, 0) is 88.1 Å². The number of carbonyl (C=O) groups excluding carboxylic acids is 5. The number of likely N-dealkylation sites (tertiary alicyclic amines) is 1. The Bertz CT molecular complexity index is 1970. The predicted octanol–water partition coefficient (Wildman–Crippen LogP) is 3.72. The van der Waals surface area contributed by atoms with Gasteiger partial charge in [0.05, 0.1) is 18.9 Å². The number of fused-ring (bicyclic) bond motifs is 1. The number of amides is 4. The van der Waals surface area contributed by atoms with Gasteiger partial charge in [-0.1, -0.05) is 26.0 Å². The second-order valence-electron chi connectivity index (χ2n) is 15.7. The maximum atomic E-state index is 14.5. The molecule has 2 heterocycles. The molecule has 2 aromatic rings. The van der Waals surface area contributed by atoms with Crippen LogP contribution in [0.15, 0.2) is 55.3 Å². The van der Waals surface area contributed by atoms with Crippen molar-refractivity contribution < 1.29 is 46.6 Å². The van der Waals surface area contributed by atoms with Crippen LogP contribution in [0, 0.1) is 11.8 Å². The zero-order valence-electron chi connectivity index (χ0n) is 32.1. The van der Waals surface area contributed by atoms with E-state index >= 15 is 0 Å². The predicted molar refractivity (Wildman–Crippen MR) is 203 cm³/mol. The fraction of sp³-hybridized carbons (Fsp3) is 0.538. The van der Waals surface area contributed by atoms with Crippen molar-refractivity contribution in [1.82, 2.24) is 25.2 Å². The largest absolute Gasteiger partial charge is 0.497 e. The van der Waals surface area contributed by atoms with Crippen LogP contribution in [-0.4, -0.2) is 96.1 Å². The summed E-state index contributed by atoms with van der Waals surface area (Å²) in [5.41, 5.74) is -2.50. The third-order valence-corrected chi connectivity index (χ3v) is 11.5. The standard InChI is InChI=1S/C39H51N5O10S/c1-8-25-21-39(25,36(48)43-55(50,51)29-13-14-29)42-33(46)32-20-28(53-34-30-15-12-27(52-7)19-24(30)17-18-40-34)22-44(32)35(47)31(41-37(49)54-38(4,5)6)16-11-26(45)10-9-23(2)3/h8-10,12,15,17-19,23,25,28-29,31-32H,1,11,13-14,16,20-22H2,2-7H3,(H,41,49)(H,42,46)(H,43,48)/b10-9+/t25-,28-,31+,32+,39-/m1/s1. The Morgan fingerprint density at radius 1 is 1.13 bits per heavy atom. The lowest BCUT2D eigenvalue weighted by Gasteiger charge is -2.30. The number of benzene rings is 1. The summed E-state index contributed by atoms with van der Waals surface area (Å²) in [6.45, 7) is 12.5. The molecule has 298 valence electrons. The number of methoxy groups -OCH3 is 1. The molecule has 15 nitrogen and oxygen atoms in total. The van der Waals surface area contributed by atoms with Gasteiger partial charge in [-0.2, -0.15) is 0 Å². The summed E-state index contributed by atoms with van der Waals surface area (Å²) in [5.74, 6) is -2.12. The maximum absolute atomic E-state index is 14.5. The molecule has 55 heavy (non-hydrogen) atoms. The van der Waals surface area contributed by atoms with Gasteiger partial charge in [0.25, 0.3) is 5.91 Å². The lowest BCUT2D eigenvalue weighted by atomic mass is 10.0. The monoisotopic (exact) mass is 781 g/mol. The first-order valence-corrected chi connectivity index (χ1v) is 20.0. The van der Waals surface area contributed by atoms with Gasteiger partial charge in [0.15, 0.2) is 5.78 Å². The Balaban J connectivity index is 1.44. The van der Waals surface area contributed by atoms with Crippen molar-refractivity contribution in [3.63, 3.8) is 0 Å². The SMILES string of the molecule is C=C[C@@H]1C[C@]1(NC(=O)[C@@H]1C[C@@H](Oc2nccc3cc(OC)ccc23)CN1C(=O)[C@H](CCC(=O)/C=C/C(C)C)NC(=O)OC(C)(C)C)C(=O)NS(=O)(=O)C1CC1. The average molecular weight is 782 g/mol. The highest BCUT2D eigenvalue weighted by Crippen LogP contribution is 2.45. The molecule has 16 heteroatoms. The van der Waals surface area contributed by atoms with Crippen LogP contribution in [0.5, 0.6) is 11.6 Å². The molecule has 0 unspecified atom stereocenters. The highest BCUT2D eigenvalue weighted by molar-refractivity contribution is 7.91. The molecule has 5 atom stereocenters. The van der Waals surface area contributed by atoms with Gasteiger partial charge in [-0.3, -0.25) is 23.9 Å². The number of pyridine rings is 1. The summed E-state index contributed by atoms with van der Waals surface area (Å²) in [4.78, 5) is 73.8.